The van der Waals surface area contributed by atoms with Gasteiger partial charge in [0.25, 0.3) is 0 Å². The molecule has 0 fully saturated rings. The summed E-state index contributed by atoms with van der Waals surface area (Å²) in [6.45, 7) is 3.97. The van der Waals surface area contributed by atoms with E-state index in [1.54, 1.807) is 26.2 Å². The van der Waals surface area contributed by atoms with Crippen molar-refractivity contribution in [2.24, 2.45) is 0 Å². The van der Waals surface area contributed by atoms with E-state index in [1.165, 1.54) is 26.4 Å². The molecule has 0 aliphatic heterocycles. The second-order valence-electron chi connectivity index (χ2n) is 6.44. The fourth-order valence-corrected chi connectivity index (χ4v) is 3.29. The summed E-state index contributed by atoms with van der Waals surface area (Å²) in [5.41, 5.74) is 1.66. The number of hydrogen-bond acceptors (Lipinski definition) is 4. The van der Waals surface area contributed by atoms with E-state index in [1.807, 2.05) is 0 Å². The quantitative estimate of drug-likeness (QED) is 0.665. The summed E-state index contributed by atoms with van der Waals surface area (Å²) in [6, 6.07) is 3.57. The standard InChI is InChI=1S/C20H29NO4/c1-5-6-7-8-9-10-15(22)14-11-12-16(24-3)18-17(14)19(23)20(25-4)13(2)21-18/h11-12,15,22H,5-10H2,1-4H3,(H,21,23)/t15-/m0/s1. The Balaban J connectivity index is 2.41. The van der Waals surface area contributed by atoms with Crippen LogP contribution in [0.15, 0.2) is 16.9 Å². The van der Waals surface area contributed by atoms with Crippen molar-refractivity contribution in [1.82, 2.24) is 4.98 Å². The van der Waals surface area contributed by atoms with Crippen LogP contribution in [0.1, 0.15) is 62.8 Å². The van der Waals surface area contributed by atoms with Crippen molar-refractivity contribution in [1.29, 1.82) is 0 Å². The van der Waals surface area contributed by atoms with Crippen molar-refractivity contribution in [2.45, 2.75) is 58.5 Å². The lowest BCUT2D eigenvalue weighted by atomic mass is 9.97. The number of pyridine rings is 1. The highest BCUT2D eigenvalue weighted by atomic mass is 16.5. The third-order valence-electron chi connectivity index (χ3n) is 4.65. The zero-order valence-electron chi connectivity index (χ0n) is 15.6. The number of aryl methyl sites for hydroxylation is 1. The number of aliphatic hydroxyl groups excluding tert-OH is 1. The molecule has 1 heterocycles. The molecule has 5 heteroatoms. The van der Waals surface area contributed by atoms with Crippen LogP contribution >= 0.6 is 0 Å². The molecule has 0 unspecified atom stereocenters. The monoisotopic (exact) mass is 347 g/mol. The number of aromatic amines is 1. The molecule has 0 bridgehead atoms. The molecule has 0 saturated heterocycles. The summed E-state index contributed by atoms with van der Waals surface area (Å²) in [5.74, 6) is 0.855. The van der Waals surface area contributed by atoms with E-state index in [9.17, 15) is 9.90 Å². The van der Waals surface area contributed by atoms with Crippen LogP contribution in [0.25, 0.3) is 10.9 Å². The molecular formula is C20H29NO4. The number of hydrogen-bond donors (Lipinski definition) is 2. The first-order valence-corrected chi connectivity index (χ1v) is 9.00. The Hall–Kier alpha value is -2.01. The largest absolute Gasteiger partial charge is 0.495 e. The fraction of sp³-hybridized carbons (Fsp3) is 0.550. The number of H-pyrrole nitrogens is 1. The van der Waals surface area contributed by atoms with Crippen LogP contribution in [-0.2, 0) is 0 Å². The number of benzene rings is 1. The van der Waals surface area contributed by atoms with Gasteiger partial charge in [-0.15, -0.1) is 0 Å². The molecule has 0 saturated carbocycles. The maximum Gasteiger partial charge on any atom is 0.231 e. The summed E-state index contributed by atoms with van der Waals surface area (Å²) in [7, 11) is 3.05. The SMILES string of the molecule is CCCCCCC[C@H](O)c1ccc(OC)c2[nH]c(C)c(OC)c(=O)c12. The first-order valence-electron chi connectivity index (χ1n) is 9.00. The van der Waals surface area contributed by atoms with Crippen LogP contribution in [0.5, 0.6) is 11.5 Å². The first kappa shape index (κ1) is 19.3. The number of ether oxygens (including phenoxy) is 2. The van der Waals surface area contributed by atoms with E-state index in [0.29, 0.717) is 34.3 Å². The summed E-state index contributed by atoms with van der Waals surface area (Å²) in [4.78, 5) is 16.1. The van der Waals surface area contributed by atoms with Gasteiger partial charge < -0.3 is 19.6 Å². The Labute approximate surface area is 149 Å². The van der Waals surface area contributed by atoms with E-state index < -0.39 is 6.10 Å². The van der Waals surface area contributed by atoms with E-state index in [4.69, 9.17) is 9.47 Å². The molecule has 0 amide bonds. The van der Waals surface area contributed by atoms with Gasteiger partial charge in [-0.25, -0.2) is 0 Å². The van der Waals surface area contributed by atoms with Crippen molar-refractivity contribution in [2.75, 3.05) is 14.2 Å². The summed E-state index contributed by atoms with van der Waals surface area (Å²) in [6.07, 6.45) is 5.59. The van der Waals surface area contributed by atoms with Crippen molar-refractivity contribution in [3.05, 3.63) is 33.6 Å². The predicted molar refractivity (Wildman–Crippen MR) is 101 cm³/mol. The maximum atomic E-state index is 12.9. The molecule has 0 radical (unpaired) electrons. The van der Waals surface area contributed by atoms with Crippen LogP contribution in [0, 0.1) is 6.92 Å². The van der Waals surface area contributed by atoms with Gasteiger partial charge >= 0.3 is 0 Å². The number of nitrogens with one attached hydrogen (secondary N) is 1. The Morgan fingerprint density at radius 3 is 2.48 bits per heavy atom. The molecule has 5 nitrogen and oxygen atoms in total. The molecule has 25 heavy (non-hydrogen) atoms. The number of aromatic nitrogens is 1. The number of aliphatic hydroxyl groups is 1. The molecule has 138 valence electrons. The highest BCUT2D eigenvalue weighted by Crippen LogP contribution is 2.32. The third kappa shape index (κ3) is 4.15. The highest BCUT2D eigenvalue weighted by molar-refractivity contribution is 5.89. The minimum atomic E-state index is -0.677. The van der Waals surface area contributed by atoms with Crippen LogP contribution in [0.3, 0.4) is 0 Å². The molecule has 2 aromatic rings. The zero-order chi connectivity index (χ0) is 18.4. The Kier molecular flexibility index (Phi) is 6.88. The third-order valence-corrected chi connectivity index (χ3v) is 4.65. The van der Waals surface area contributed by atoms with Crippen LogP contribution < -0.4 is 14.9 Å². The molecule has 1 aromatic heterocycles. The Morgan fingerprint density at radius 2 is 1.84 bits per heavy atom. The molecular weight excluding hydrogens is 318 g/mol. The van der Waals surface area contributed by atoms with E-state index in [2.05, 4.69) is 11.9 Å². The molecule has 2 rings (SSSR count). The lowest BCUT2D eigenvalue weighted by Gasteiger charge is -2.17. The van der Waals surface area contributed by atoms with Gasteiger partial charge in [0.05, 0.1) is 36.9 Å². The lowest BCUT2D eigenvalue weighted by molar-refractivity contribution is 0.164. The second-order valence-corrected chi connectivity index (χ2v) is 6.44. The minimum Gasteiger partial charge on any atom is -0.495 e. The maximum absolute atomic E-state index is 12.9. The smallest absolute Gasteiger partial charge is 0.231 e. The lowest BCUT2D eigenvalue weighted by Crippen LogP contribution is -2.13. The number of unbranched alkanes of at least 4 members (excludes halogenated alkanes) is 4. The van der Waals surface area contributed by atoms with E-state index >= 15 is 0 Å². The van der Waals surface area contributed by atoms with Gasteiger partial charge in [-0.05, 0) is 25.0 Å². The Bertz CT molecular complexity index is 766. The second kappa shape index (κ2) is 8.90. The van der Waals surface area contributed by atoms with Crippen molar-refractivity contribution in [3.8, 4) is 11.5 Å². The van der Waals surface area contributed by atoms with Gasteiger partial charge in [0.2, 0.25) is 5.43 Å². The molecule has 1 aromatic carbocycles. The molecule has 1 atom stereocenters. The van der Waals surface area contributed by atoms with E-state index in [0.717, 1.165) is 12.8 Å². The summed E-state index contributed by atoms with van der Waals surface area (Å²) < 4.78 is 10.6. The van der Waals surface area contributed by atoms with Crippen LogP contribution in [0.4, 0.5) is 0 Å². The molecule has 0 spiro atoms. The van der Waals surface area contributed by atoms with Crippen LogP contribution in [-0.4, -0.2) is 24.3 Å². The topological polar surface area (TPSA) is 71.6 Å². The molecule has 0 aliphatic rings. The van der Waals surface area contributed by atoms with Gasteiger partial charge in [-0.1, -0.05) is 45.1 Å². The van der Waals surface area contributed by atoms with Crippen LogP contribution in [0.2, 0.25) is 0 Å². The number of methoxy groups -OCH3 is 2. The summed E-state index contributed by atoms with van der Waals surface area (Å²) >= 11 is 0. The van der Waals surface area contributed by atoms with Gasteiger partial charge in [0.1, 0.15) is 5.75 Å². The normalized spacial score (nSPS) is 12.4. The van der Waals surface area contributed by atoms with Crippen molar-refractivity contribution < 1.29 is 14.6 Å². The predicted octanol–water partition coefficient (Wildman–Crippen LogP) is 4.25. The van der Waals surface area contributed by atoms with Crippen molar-refractivity contribution >= 4 is 10.9 Å². The Morgan fingerprint density at radius 1 is 1.12 bits per heavy atom. The average molecular weight is 347 g/mol. The highest BCUT2D eigenvalue weighted by Gasteiger charge is 2.20. The average Bonchev–Trinajstić information content (AvgIpc) is 2.60. The minimum absolute atomic E-state index is 0.215. The zero-order valence-corrected chi connectivity index (χ0v) is 15.6. The first-order chi connectivity index (χ1) is 12.0. The van der Waals surface area contributed by atoms with Crippen molar-refractivity contribution in [3.63, 3.8) is 0 Å². The summed E-state index contributed by atoms with van der Waals surface area (Å²) in [5, 5.41) is 11.1. The van der Waals surface area contributed by atoms with E-state index in [-0.39, 0.29) is 11.2 Å². The molecule has 0 aliphatic carbocycles. The number of fused-ring (bicyclic) bond motifs is 1. The van der Waals surface area contributed by atoms with Gasteiger partial charge in [-0.3, -0.25) is 4.79 Å². The fourth-order valence-electron chi connectivity index (χ4n) is 3.29. The van der Waals surface area contributed by atoms with Gasteiger partial charge in [0.15, 0.2) is 5.75 Å². The number of rotatable bonds is 9. The molecule has 2 N–H and O–H groups in total. The van der Waals surface area contributed by atoms with Gasteiger partial charge in [0, 0.05) is 0 Å². The van der Waals surface area contributed by atoms with Gasteiger partial charge in [-0.2, -0.15) is 0 Å².